The Morgan fingerprint density at radius 2 is 1.83 bits per heavy atom. The Bertz CT molecular complexity index is 1320. The van der Waals surface area contributed by atoms with Crippen molar-refractivity contribution < 1.29 is 38.6 Å². The zero-order valence-corrected chi connectivity index (χ0v) is 19.4. The number of Topliss-reactive ketones (excluding diaryl/α,β-unsaturated/α-hetero) is 1. The molecule has 1 saturated heterocycles. The van der Waals surface area contributed by atoms with Crippen molar-refractivity contribution in [2.75, 3.05) is 14.2 Å². The van der Waals surface area contributed by atoms with E-state index in [0.29, 0.717) is 32.9 Å². The molecule has 0 bridgehead atoms. The molecule has 1 heterocycles. The largest absolute Gasteiger partial charge is 0.508 e. The van der Waals surface area contributed by atoms with Crippen molar-refractivity contribution >= 4 is 29.5 Å². The lowest BCUT2D eigenvalue weighted by atomic mass is 9.59. The summed E-state index contributed by atoms with van der Waals surface area (Å²) < 4.78 is 10.2. The van der Waals surface area contributed by atoms with E-state index in [0.717, 1.165) is 12.7 Å². The van der Waals surface area contributed by atoms with Gasteiger partial charge in [-0.3, -0.25) is 19.2 Å². The van der Waals surface area contributed by atoms with E-state index in [4.69, 9.17) is 4.74 Å². The van der Waals surface area contributed by atoms with E-state index >= 15 is 0 Å². The standard InChI is InChI=1S/C26H23NO8/c1-11-8-18(29)17-10-16-13(6-7-15-21(16)25(32)27(24(15)31)26(33)35-3)20(22(17)23(11)30)14-5-4-12(28)9-19(14)34-2/h4-6,8-9,15-16,20-21,28H,7,10H2,1-3H3. The number of carbonyl (C=O) groups is 5. The maximum atomic E-state index is 13.4. The SMILES string of the molecule is COC(=O)N1C(=O)C2CC=C3C(c4ccc(O)cc4OC)C4=C(CC3C2C1=O)C(=O)C=C(C)C4=O. The smallest absolute Gasteiger partial charge is 0.423 e. The van der Waals surface area contributed by atoms with E-state index in [2.05, 4.69) is 4.74 Å². The number of phenolic OH excluding ortho intramolecular Hbond substituents is 1. The second-order valence-corrected chi connectivity index (χ2v) is 9.14. The van der Waals surface area contributed by atoms with Gasteiger partial charge in [-0.25, -0.2) is 4.79 Å². The second kappa shape index (κ2) is 8.04. The first-order valence-electron chi connectivity index (χ1n) is 11.2. The Hall–Kier alpha value is -4.01. The van der Waals surface area contributed by atoms with Crippen molar-refractivity contribution in [2.45, 2.75) is 25.7 Å². The Morgan fingerprint density at radius 1 is 1.09 bits per heavy atom. The van der Waals surface area contributed by atoms with E-state index in [1.54, 1.807) is 13.0 Å². The Labute approximate surface area is 200 Å². The van der Waals surface area contributed by atoms with Crippen molar-refractivity contribution in [1.82, 2.24) is 4.90 Å². The van der Waals surface area contributed by atoms with E-state index in [9.17, 15) is 29.1 Å². The van der Waals surface area contributed by atoms with Crippen molar-refractivity contribution in [3.8, 4) is 11.5 Å². The molecular formula is C26H23NO8. The number of benzene rings is 1. The van der Waals surface area contributed by atoms with Crippen LogP contribution in [0.2, 0.25) is 0 Å². The summed E-state index contributed by atoms with van der Waals surface area (Å²) in [5, 5.41) is 9.99. The summed E-state index contributed by atoms with van der Waals surface area (Å²) in [5.41, 5.74) is 2.21. The van der Waals surface area contributed by atoms with E-state index in [-0.39, 0.29) is 30.2 Å². The van der Waals surface area contributed by atoms with Crippen LogP contribution in [-0.2, 0) is 23.9 Å². The number of aromatic hydroxyl groups is 1. The first-order valence-corrected chi connectivity index (χ1v) is 11.2. The molecule has 4 unspecified atom stereocenters. The van der Waals surface area contributed by atoms with Gasteiger partial charge in [0.25, 0.3) is 0 Å². The number of amides is 3. The normalized spacial score (nSPS) is 27.7. The summed E-state index contributed by atoms with van der Waals surface area (Å²) in [6.07, 6.45) is 2.39. The fourth-order valence-electron chi connectivity index (χ4n) is 5.93. The van der Waals surface area contributed by atoms with Crippen molar-refractivity contribution in [2.24, 2.45) is 17.8 Å². The minimum atomic E-state index is -1.04. The van der Waals surface area contributed by atoms with Crippen LogP contribution in [0, 0.1) is 17.8 Å². The van der Waals surface area contributed by atoms with Crippen LogP contribution in [0.1, 0.15) is 31.2 Å². The van der Waals surface area contributed by atoms with Crippen LogP contribution in [0.25, 0.3) is 0 Å². The van der Waals surface area contributed by atoms with Gasteiger partial charge in [-0.05, 0) is 37.8 Å². The van der Waals surface area contributed by atoms with Crippen LogP contribution in [-0.4, -0.2) is 53.7 Å². The highest BCUT2D eigenvalue weighted by Gasteiger charge is 2.58. The van der Waals surface area contributed by atoms with Crippen LogP contribution < -0.4 is 4.74 Å². The maximum Gasteiger partial charge on any atom is 0.423 e. The van der Waals surface area contributed by atoms with E-state index in [1.807, 2.05) is 6.08 Å². The number of ether oxygens (including phenoxy) is 2. The first kappa shape index (κ1) is 22.8. The molecule has 3 amide bonds. The molecule has 3 aliphatic carbocycles. The lowest BCUT2D eigenvalue weighted by molar-refractivity contribution is -0.137. The molecular weight excluding hydrogens is 454 g/mol. The van der Waals surface area contributed by atoms with Gasteiger partial charge in [-0.2, -0.15) is 4.90 Å². The summed E-state index contributed by atoms with van der Waals surface area (Å²) in [7, 11) is 2.53. The molecule has 180 valence electrons. The Kier molecular flexibility index (Phi) is 5.23. The molecule has 35 heavy (non-hydrogen) atoms. The quantitative estimate of drug-likeness (QED) is 0.391. The van der Waals surface area contributed by atoms with Gasteiger partial charge < -0.3 is 14.6 Å². The number of imide groups is 3. The molecule has 5 rings (SSSR count). The lowest BCUT2D eigenvalue weighted by Crippen LogP contribution is -2.40. The monoisotopic (exact) mass is 477 g/mol. The average molecular weight is 477 g/mol. The number of ketones is 2. The molecule has 9 nitrogen and oxygen atoms in total. The van der Waals surface area contributed by atoms with Crippen LogP contribution in [0.5, 0.6) is 11.5 Å². The van der Waals surface area contributed by atoms with Crippen LogP contribution >= 0.6 is 0 Å². The average Bonchev–Trinajstić information content (AvgIpc) is 3.10. The summed E-state index contributed by atoms with van der Waals surface area (Å²) in [6.45, 7) is 1.58. The molecule has 1 aromatic rings. The van der Waals surface area contributed by atoms with Gasteiger partial charge in [0.05, 0.1) is 26.1 Å². The number of fused-ring (bicyclic) bond motifs is 3. The predicted octanol–water partition coefficient (Wildman–Crippen LogP) is 2.60. The highest BCUT2D eigenvalue weighted by molar-refractivity contribution is 6.24. The van der Waals surface area contributed by atoms with Gasteiger partial charge in [0.15, 0.2) is 11.6 Å². The number of carbonyl (C=O) groups excluding carboxylic acids is 5. The van der Waals surface area contributed by atoms with Gasteiger partial charge in [-0.1, -0.05) is 17.7 Å². The van der Waals surface area contributed by atoms with Crippen LogP contribution in [0.4, 0.5) is 4.79 Å². The number of hydrogen-bond acceptors (Lipinski definition) is 8. The van der Waals surface area contributed by atoms with Crippen molar-refractivity contribution in [1.29, 1.82) is 0 Å². The number of methoxy groups -OCH3 is 2. The molecule has 0 aromatic heterocycles. The predicted molar refractivity (Wildman–Crippen MR) is 120 cm³/mol. The molecule has 0 radical (unpaired) electrons. The third kappa shape index (κ3) is 3.18. The molecule has 1 fully saturated rings. The van der Waals surface area contributed by atoms with Crippen molar-refractivity contribution in [3.05, 3.63) is 58.2 Å². The molecule has 1 aromatic carbocycles. The summed E-state index contributed by atoms with van der Waals surface area (Å²) in [6, 6.07) is 4.52. The molecule has 9 heteroatoms. The summed E-state index contributed by atoms with van der Waals surface area (Å²) in [5.74, 6) is -4.50. The summed E-state index contributed by atoms with van der Waals surface area (Å²) >= 11 is 0. The lowest BCUT2D eigenvalue weighted by Gasteiger charge is -2.42. The summed E-state index contributed by atoms with van der Waals surface area (Å²) in [4.78, 5) is 65.4. The Balaban J connectivity index is 1.71. The topological polar surface area (TPSA) is 127 Å². The zero-order chi connectivity index (χ0) is 25.2. The fraction of sp³-hybridized carbons (Fsp3) is 0.346. The van der Waals surface area contributed by atoms with Gasteiger partial charge in [0.2, 0.25) is 11.8 Å². The second-order valence-electron chi connectivity index (χ2n) is 9.14. The number of hydrogen-bond donors (Lipinski definition) is 1. The fourth-order valence-corrected chi connectivity index (χ4v) is 5.93. The first-order chi connectivity index (χ1) is 16.7. The Morgan fingerprint density at radius 3 is 2.51 bits per heavy atom. The zero-order valence-electron chi connectivity index (χ0n) is 19.4. The van der Waals surface area contributed by atoms with Gasteiger partial charge >= 0.3 is 6.09 Å². The number of likely N-dealkylation sites (tertiary alicyclic amines) is 1. The molecule has 0 saturated carbocycles. The molecule has 1 aliphatic heterocycles. The maximum absolute atomic E-state index is 13.4. The number of allylic oxidation sites excluding steroid dienone is 6. The molecule has 4 atom stereocenters. The van der Waals surface area contributed by atoms with Crippen LogP contribution in [0.3, 0.4) is 0 Å². The van der Waals surface area contributed by atoms with Crippen molar-refractivity contribution in [3.63, 3.8) is 0 Å². The minimum absolute atomic E-state index is 0.0303. The molecule has 4 aliphatic rings. The van der Waals surface area contributed by atoms with E-state index < -0.39 is 41.6 Å². The van der Waals surface area contributed by atoms with Crippen LogP contribution in [0.15, 0.2) is 52.6 Å². The third-order valence-electron chi connectivity index (χ3n) is 7.45. The molecule has 1 N–H and O–H groups in total. The number of phenols is 1. The van der Waals surface area contributed by atoms with E-state index in [1.165, 1.54) is 25.3 Å². The highest BCUT2D eigenvalue weighted by atomic mass is 16.5. The third-order valence-corrected chi connectivity index (χ3v) is 7.45. The molecule has 0 spiro atoms. The number of nitrogens with zero attached hydrogens (tertiary/aromatic N) is 1. The highest BCUT2D eigenvalue weighted by Crippen LogP contribution is 2.56. The minimum Gasteiger partial charge on any atom is -0.508 e. The van der Waals surface area contributed by atoms with Gasteiger partial charge in [0, 0.05) is 34.3 Å². The van der Waals surface area contributed by atoms with Gasteiger partial charge in [0.1, 0.15) is 11.5 Å². The number of rotatable bonds is 2. The van der Waals surface area contributed by atoms with Gasteiger partial charge in [-0.15, -0.1) is 0 Å².